The SMILES string of the molecule is COc1ccc([N+](=O)[O-])c(Oc2ccc([C@H](C)O)cc2)c1. The number of methoxy groups -OCH3 is 1. The normalized spacial score (nSPS) is 11.8. The fraction of sp³-hybridized carbons (Fsp3) is 0.200. The van der Waals surface area contributed by atoms with Gasteiger partial charge in [0.2, 0.25) is 5.75 Å². The summed E-state index contributed by atoms with van der Waals surface area (Å²) in [7, 11) is 1.47. The van der Waals surface area contributed by atoms with E-state index in [9.17, 15) is 15.2 Å². The van der Waals surface area contributed by atoms with Crippen molar-refractivity contribution in [3.05, 3.63) is 58.1 Å². The molecule has 0 fully saturated rings. The van der Waals surface area contributed by atoms with Crippen molar-refractivity contribution in [2.75, 3.05) is 7.11 Å². The molecule has 6 nitrogen and oxygen atoms in total. The zero-order valence-corrected chi connectivity index (χ0v) is 11.6. The zero-order valence-electron chi connectivity index (χ0n) is 11.6. The molecule has 0 aromatic heterocycles. The molecule has 0 aliphatic rings. The van der Waals surface area contributed by atoms with Gasteiger partial charge in [0.15, 0.2) is 0 Å². The molecule has 0 aliphatic heterocycles. The van der Waals surface area contributed by atoms with Crippen molar-refractivity contribution in [1.82, 2.24) is 0 Å². The van der Waals surface area contributed by atoms with E-state index >= 15 is 0 Å². The minimum atomic E-state index is -0.579. The van der Waals surface area contributed by atoms with E-state index in [-0.39, 0.29) is 11.4 Å². The molecule has 0 heterocycles. The standard InChI is InChI=1S/C15H15NO5/c1-10(17)11-3-5-12(6-4-11)21-15-9-13(20-2)7-8-14(15)16(18)19/h3-10,17H,1-2H3/t10-/m0/s1. The topological polar surface area (TPSA) is 81.8 Å². The van der Waals surface area contributed by atoms with Crippen LogP contribution in [0.1, 0.15) is 18.6 Å². The number of rotatable bonds is 5. The Morgan fingerprint density at radius 2 is 1.76 bits per heavy atom. The predicted molar refractivity (Wildman–Crippen MR) is 76.8 cm³/mol. The second-order valence-corrected chi connectivity index (χ2v) is 4.44. The Morgan fingerprint density at radius 1 is 1.14 bits per heavy atom. The molecule has 0 saturated heterocycles. The van der Waals surface area contributed by atoms with Gasteiger partial charge in [0.05, 0.1) is 18.1 Å². The predicted octanol–water partition coefficient (Wildman–Crippen LogP) is 3.45. The van der Waals surface area contributed by atoms with Gasteiger partial charge in [0.1, 0.15) is 11.5 Å². The molecule has 2 aromatic carbocycles. The minimum absolute atomic E-state index is 0.101. The van der Waals surface area contributed by atoms with E-state index in [0.29, 0.717) is 11.5 Å². The van der Waals surface area contributed by atoms with E-state index in [4.69, 9.17) is 9.47 Å². The highest BCUT2D eigenvalue weighted by Gasteiger charge is 2.17. The lowest BCUT2D eigenvalue weighted by Gasteiger charge is -2.09. The van der Waals surface area contributed by atoms with E-state index in [0.717, 1.165) is 5.56 Å². The fourth-order valence-corrected chi connectivity index (χ4v) is 1.80. The molecule has 0 bridgehead atoms. The number of hydrogen-bond donors (Lipinski definition) is 1. The maximum absolute atomic E-state index is 11.0. The van der Waals surface area contributed by atoms with Crippen molar-refractivity contribution in [3.63, 3.8) is 0 Å². The Labute approximate surface area is 121 Å². The van der Waals surface area contributed by atoms with E-state index in [2.05, 4.69) is 0 Å². The number of aliphatic hydroxyl groups is 1. The van der Waals surface area contributed by atoms with Crippen molar-refractivity contribution in [1.29, 1.82) is 0 Å². The first-order valence-corrected chi connectivity index (χ1v) is 6.29. The summed E-state index contributed by atoms with van der Waals surface area (Å²) in [6, 6.07) is 11.0. The molecule has 21 heavy (non-hydrogen) atoms. The maximum Gasteiger partial charge on any atom is 0.311 e. The van der Waals surface area contributed by atoms with Crippen LogP contribution in [0.15, 0.2) is 42.5 Å². The van der Waals surface area contributed by atoms with Crippen molar-refractivity contribution in [2.45, 2.75) is 13.0 Å². The summed E-state index contributed by atoms with van der Waals surface area (Å²) in [6.45, 7) is 1.66. The number of aliphatic hydroxyl groups excluding tert-OH is 1. The van der Waals surface area contributed by atoms with Crippen LogP contribution >= 0.6 is 0 Å². The summed E-state index contributed by atoms with van der Waals surface area (Å²) in [5.41, 5.74) is 0.595. The lowest BCUT2D eigenvalue weighted by molar-refractivity contribution is -0.385. The minimum Gasteiger partial charge on any atom is -0.497 e. The summed E-state index contributed by atoms with van der Waals surface area (Å²) in [6.07, 6.45) is -0.579. The smallest absolute Gasteiger partial charge is 0.311 e. The highest BCUT2D eigenvalue weighted by molar-refractivity contribution is 5.52. The lowest BCUT2D eigenvalue weighted by atomic mass is 10.1. The van der Waals surface area contributed by atoms with Crippen LogP contribution in [-0.4, -0.2) is 17.1 Å². The molecular formula is C15H15NO5. The van der Waals surface area contributed by atoms with E-state index in [1.54, 1.807) is 31.2 Å². The van der Waals surface area contributed by atoms with Gasteiger partial charge in [-0.25, -0.2) is 0 Å². The quantitative estimate of drug-likeness (QED) is 0.673. The Balaban J connectivity index is 2.31. The van der Waals surface area contributed by atoms with Gasteiger partial charge in [-0.05, 0) is 30.7 Å². The van der Waals surface area contributed by atoms with Crippen LogP contribution in [0.25, 0.3) is 0 Å². The molecule has 6 heteroatoms. The molecule has 0 radical (unpaired) electrons. The zero-order chi connectivity index (χ0) is 15.4. The van der Waals surface area contributed by atoms with Gasteiger partial charge < -0.3 is 14.6 Å². The monoisotopic (exact) mass is 289 g/mol. The Kier molecular flexibility index (Phi) is 4.39. The molecule has 0 spiro atoms. The van der Waals surface area contributed by atoms with Crippen molar-refractivity contribution >= 4 is 5.69 Å². The molecule has 0 saturated carbocycles. The number of hydrogen-bond acceptors (Lipinski definition) is 5. The maximum atomic E-state index is 11.0. The van der Waals surface area contributed by atoms with Crippen LogP contribution < -0.4 is 9.47 Å². The molecule has 2 rings (SSSR count). The molecule has 0 aliphatic carbocycles. The Morgan fingerprint density at radius 3 is 2.29 bits per heavy atom. The molecule has 2 aromatic rings. The van der Waals surface area contributed by atoms with Crippen molar-refractivity contribution < 1.29 is 19.5 Å². The van der Waals surface area contributed by atoms with Crippen LogP contribution in [0.3, 0.4) is 0 Å². The van der Waals surface area contributed by atoms with Crippen LogP contribution in [0.5, 0.6) is 17.2 Å². The number of nitrogens with zero attached hydrogens (tertiary/aromatic N) is 1. The van der Waals surface area contributed by atoms with Crippen LogP contribution in [0.2, 0.25) is 0 Å². The third-order valence-corrected chi connectivity index (χ3v) is 2.95. The Hall–Kier alpha value is -2.60. The summed E-state index contributed by atoms with van der Waals surface area (Å²) in [5, 5.41) is 20.4. The van der Waals surface area contributed by atoms with E-state index in [1.165, 1.54) is 25.3 Å². The molecule has 0 unspecified atom stereocenters. The lowest BCUT2D eigenvalue weighted by Crippen LogP contribution is -1.95. The first-order chi connectivity index (χ1) is 10.0. The summed E-state index contributed by atoms with van der Waals surface area (Å²) < 4.78 is 10.6. The molecule has 110 valence electrons. The average Bonchev–Trinajstić information content (AvgIpc) is 2.47. The second-order valence-electron chi connectivity index (χ2n) is 4.44. The van der Waals surface area contributed by atoms with Crippen LogP contribution in [-0.2, 0) is 0 Å². The Bertz CT molecular complexity index is 637. The highest BCUT2D eigenvalue weighted by atomic mass is 16.6. The number of nitro groups is 1. The second kappa shape index (κ2) is 6.23. The highest BCUT2D eigenvalue weighted by Crippen LogP contribution is 2.34. The molecule has 1 N–H and O–H groups in total. The van der Waals surface area contributed by atoms with Gasteiger partial charge in [-0.3, -0.25) is 10.1 Å². The summed E-state index contributed by atoms with van der Waals surface area (Å²) in [5.74, 6) is 1.01. The van der Waals surface area contributed by atoms with Crippen molar-refractivity contribution in [2.24, 2.45) is 0 Å². The van der Waals surface area contributed by atoms with Gasteiger partial charge in [-0.15, -0.1) is 0 Å². The van der Waals surface area contributed by atoms with E-state index in [1.807, 2.05) is 0 Å². The molecule has 0 amide bonds. The largest absolute Gasteiger partial charge is 0.497 e. The third kappa shape index (κ3) is 3.49. The van der Waals surface area contributed by atoms with E-state index < -0.39 is 11.0 Å². The average molecular weight is 289 g/mol. The molecular weight excluding hydrogens is 274 g/mol. The van der Waals surface area contributed by atoms with Gasteiger partial charge >= 0.3 is 5.69 Å². The van der Waals surface area contributed by atoms with Crippen molar-refractivity contribution in [3.8, 4) is 17.2 Å². The van der Waals surface area contributed by atoms with Crippen LogP contribution in [0.4, 0.5) is 5.69 Å². The van der Waals surface area contributed by atoms with Gasteiger partial charge in [0, 0.05) is 12.1 Å². The third-order valence-electron chi connectivity index (χ3n) is 2.95. The molecule has 1 atom stereocenters. The number of nitro benzene ring substituents is 1. The first kappa shape index (κ1) is 14.8. The van der Waals surface area contributed by atoms with Gasteiger partial charge in [-0.1, -0.05) is 12.1 Å². The van der Waals surface area contributed by atoms with Gasteiger partial charge in [-0.2, -0.15) is 0 Å². The summed E-state index contributed by atoms with van der Waals surface area (Å²) in [4.78, 5) is 10.5. The number of benzene rings is 2. The number of ether oxygens (including phenoxy) is 2. The fourth-order valence-electron chi connectivity index (χ4n) is 1.80. The first-order valence-electron chi connectivity index (χ1n) is 6.29. The van der Waals surface area contributed by atoms with Gasteiger partial charge in [0.25, 0.3) is 0 Å². The van der Waals surface area contributed by atoms with Crippen LogP contribution in [0, 0.1) is 10.1 Å². The summed E-state index contributed by atoms with van der Waals surface area (Å²) >= 11 is 0.